The van der Waals surface area contributed by atoms with Crippen molar-refractivity contribution in [2.75, 3.05) is 26.3 Å². The highest BCUT2D eigenvalue weighted by atomic mass is 19.4. The summed E-state index contributed by atoms with van der Waals surface area (Å²) in [5.41, 5.74) is 0.331. The van der Waals surface area contributed by atoms with Crippen LogP contribution in [0.2, 0.25) is 0 Å². The summed E-state index contributed by atoms with van der Waals surface area (Å²) in [5, 5.41) is 0. The molecule has 0 radical (unpaired) electrons. The lowest BCUT2D eigenvalue weighted by molar-refractivity contribution is -0.184. The van der Waals surface area contributed by atoms with E-state index in [9.17, 15) is 18.0 Å². The number of alkyl halides is 3. The molecule has 1 amide bonds. The van der Waals surface area contributed by atoms with Gasteiger partial charge in [-0.1, -0.05) is 0 Å². The highest BCUT2D eigenvalue weighted by molar-refractivity contribution is 5.95. The lowest BCUT2D eigenvalue weighted by Gasteiger charge is -2.33. The quantitative estimate of drug-likeness (QED) is 0.794. The number of benzene rings is 1. The van der Waals surface area contributed by atoms with E-state index in [4.69, 9.17) is 9.47 Å². The van der Waals surface area contributed by atoms with Crippen molar-refractivity contribution in [1.29, 1.82) is 0 Å². The number of hydrogen-bond acceptors (Lipinski definition) is 3. The van der Waals surface area contributed by atoms with Crippen molar-refractivity contribution in [3.63, 3.8) is 0 Å². The van der Waals surface area contributed by atoms with Crippen LogP contribution in [0.25, 0.3) is 0 Å². The van der Waals surface area contributed by atoms with E-state index in [1.807, 2.05) is 0 Å². The van der Waals surface area contributed by atoms with Gasteiger partial charge in [0.15, 0.2) is 11.5 Å². The van der Waals surface area contributed by atoms with Gasteiger partial charge in [0.1, 0.15) is 0 Å². The first kappa shape index (κ1) is 16.0. The SMILES string of the molecule is O=C(c1ccc2c(c1)OCCCO2)N1CCCC(C(F)(F)F)C1. The molecule has 1 aromatic rings. The zero-order chi connectivity index (χ0) is 16.4. The van der Waals surface area contributed by atoms with Gasteiger partial charge in [-0.05, 0) is 31.0 Å². The second-order valence-electron chi connectivity index (χ2n) is 5.84. The molecule has 4 nitrogen and oxygen atoms in total. The minimum Gasteiger partial charge on any atom is -0.490 e. The van der Waals surface area contributed by atoms with E-state index in [1.54, 1.807) is 18.2 Å². The Hall–Kier alpha value is -1.92. The van der Waals surface area contributed by atoms with E-state index < -0.39 is 18.0 Å². The number of halogens is 3. The van der Waals surface area contributed by atoms with Crippen LogP contribution in [0.15, 0.2) is 18.2 Å². The molecule has 0 aromatic heterocycles. The van der Waals surface area contributed by atoms with Crippen LogP contribution in [-0.4, -0.2) is 43.3 Å². The lowest BCUT2D eigenvalue weighted by Crippen LogP contribution is -2.44. The van der Waals surface area contributed by atoms with Crippen LogP contribution in [-0.2, 0) is 0 Å². The van der Waals surface area contributed by atoms with Crippen molar-refractivity contribution < 1.29 is 27.4 Å². The van der Waals surface area contributed by atoms with Gasteiger partial charge in [-0.15, -0.1) is 0 Å². The van der Waals surface area contributed by atoms with E-state index in [-0.39, 0.29) is 13.0 Å². The molecule has 126 valence electrons. The Morgan fingerprint density at radius 3 is 2.61 bits per heavy atom. The fourth-order valence-corrected chi connectivity index (χ4v) is 2.91. The van der Waals surface area contributed by atoms with Crippen molar-refractivity contribution in [3.05, 3.63) is 23.8 Å². The summed E-state index contributed by atoms with van der Waals surface area (Å²) >= 11 is 0. The zero-order valence-corrected chi connectivity index (χ0v) is 12.6. The molecule has 1 fully saturated rings. The molecule has 2 aliphatic rings. The van der Waals surface area contributed by atoms with E-state index in [0.29, 0.717) is 43.2 Å². The number of nitrogens with zero attached hydrogens (tertiary/aromatic N) is 1. The summed E-state index contributed by atoms with van der Waals surface area (Å²) in [6.07, 6.45) is -3.07. The molecule has 0 saturated carbocycles. The largest absolute Gasteiger partial charge is 0.490 e. The summed E-state index contributed by atoms with van der Waals surface area (Å²) in [6.45, 7) is 1.10. The fraction of sp³-hybridized carbons (Fsp3) is 0.562. The van der Waals surface area contributed by atoms with Crippen molar-refractivity contribution in [1.82, 2.24) is 4.90 Å². The minimum absolute atomic E-state index is 0.0778. The fourth-order valence-electron chi connectivity index (χ4n) is 2.91. The second-order valence-corrected chi connectivity index (χ2v) is 5.84. The minimum atomic E-state index is -4.26. The monoisotopic (exact) mass is 329 g/mol. The van der Waals surface area contributed by atoms with Gasteiger partial charge >= 0.3 is 6.18 Å². The molecule has 1 saturated heterocycles. The number of carbonyl (C=O) groups excluding carboxylic acids is 1. The first-order valence-corrected chi connectivity index (χ1v) is 7.71. The molecule has 0 spiro atoms. The van der Waals surface area contributed by atoms with Crippen LogP contribution in [0.5, 0.6) is 11.5 Å². The molecule has 1 aromatic carbocycles. The average Bonchev–Trinajstić information content (AvgIpc) is 2.78. The van der Waals surface area contributed by atoms with Crippen LogP contribution >= 0.6 is 0 Å². The smallest absolute Gasteiger partial charge is 0.393 e. The number of piperidine rings is 1. The second kappa shape index (κ2) is 6.29. The van der Waals surface area contributed by atoms with Gasteiger partial charge in [-0.3, -0.25) is 4.79 Å². The van der Waals surface area contributed by atoms with Gasteiger partial charge in [0.05, 0.1) is 19.1 Å². The summed E-state index contributed by atoms with van der Waals surface area (Å²) in [4.78, 5) is 13.8. The Bertz CT molecular complexity index is 588. The zero-order valence-electron chi connectivity index (χ0n) is 12.6. The first-order chi connectivity index (χ1) is 10.9. The molecule has 3 rings (SSSR count). The number of hydrogen-bond donors (Lipinski definition) is 0. The number of fused-ring (bicyclic) bond motifs is 1. The van der Waals surface area contributed by atoms with Crippen molar-refractivity contribution in [2.24, 2.45) is 5.92 Å². The molecule has 1 atom stereocenters. The first-order valence-electron chi connectivity index (χ1n) is 7.71. The Morgan fingerprint density at radius 2 is 1.87 bits per heavy atom. The standard InChI is InChI=1S/C16H18F3NO3/c17-16(18,19)12-3-1-6-20(10-12)15(21)11-4-5-13-14(9-11)23-8-2-7-22-13/h4-5,9,12H,1-3,6-8,10H2. The Labute approximate surface area is 132 Å². The normalized spacial score (nSPS) is 21.7. The maximum Gasteiger partial charge on any atom is 0.393 e. The summed E-state index contributed by atoms with van der Waals surface area (Å²) < 4.78 is 49.6. The maximum atomic E-state index is 12.9. The van der Waals surface area contributed by atoms with Gasteiger partial charge in [0, 0.05) is 25.1 Å². The molecule has 23 heavy (non-hydrogen) atoms. The van der Waals surface area contributed by atoms with Crippen molar-refractivity contribution >= 4 is 5.91 Å². The highest BCUT2D eigenvalue weighted by Gasteiger charge is 2.42. The maximum absolute atomic E-state index is 12.9. The van der Waals surface area contributed by atoms with Crippen LogP contribution in [0, 0.1) is 5.92 Å². The predicted molar refractivity (Wildman–Crippen MR) is 76.7 cm³/mol. The summed E-state index contributed by atoms with van der Waals surface area (Å²) in [5.74, 6) is -0.807. The molecule has 2 heterocycles. The molecule has 0 bridgehead atoms. The third-order valence-corrected chi connectivity index (χ3v) is 4.17. The predicted octanol–water partition coefficient (Wildman–Crippen LogP) is 3.26. The van der Waals surface area contributed by atoms with Crippen LogP contribution in [0.4, 0.5) is 13.2 Å². The molecule has 1 unspecified atom stereocenters. The number of ether oxygens (including phenoxy) is 2. The summed E-state index contributed by atoms with van der Waals surface area (Å²) in [7, 11) is 0. The molecular formula is C16H18F3NO3. The van der Waals surface area contributed by atoms with Gasteiger partial charge < -0.3 is 14.4 Å². The number of likely N-dealkylation sites (tertiary alicyclic amines) is 1. The van der Waals surface area contributed by atoms with Crippen LogP contribution in [0.3, 0.4) is 0 Å². The van der Waals surface area contributed by atoms with Gasteiger partial charge in [0.2, 0.25) is 0 Å². The van der Waals surface area contributed by atoms with E-state index >= 15 is 0 Å². The number of amides is 1. The van der Waals surface area contributed by atoms with Crippen molar-refractivity contribution in [2.45, 2.75) is 25.4 Å². The lowest BCUT2D eigenvalue weighted by atomic mass is 9.97. The van der Waals surface area contributed by atoms with Gasteiger partial charge in [-0.25, -0.2) is 0 Å². The Morgan fingerprint density at radius 1 is 1.13 bits per heavy atom. The van der Waals surface area contributed by atoms with E-state index in [1.165, 1.54) is 4.90 Å². The molecule has 7 heteroatoms. The number of rotatable bonds is 1. The van der Waals surface area contributed by atoms with Crippen LogP contribution < -0.4 is 9.47 Å². The molecule has 0 N–H and O–H groups in total. The van der Waals surface area contributed by atoms with Gasteiger partial charge in [-0.2, -0.15) is 13.2 Å². The van der Waals surface area contributed by atoms with E-state index in [2.05, 4.69) is 0 Å². The highest BCUT2D eigenvalue weighted by Crippen LogP contribution is 2.35. The number of carbonyl (C=O) groups is 1. The average molecular weight is 329 g/mol. The molecular weight excluding hydrogens is 311 g/mol. The molecule has 2 aliphatic heterocycles. The van der Waals surface area contributed by atoms with Crippen molar-refractivity contribution in [3.8, 4) is 11.5 Å². The Balaban J connectivity index is 1.76. The third-order valence-electron chi connectivity index (χ3n) is 4.17. The Kier molecular flexibility index (Phi) is 4.37. The summed E-state index contributed by atoms with van der Waals surface area (Å²) in [6, 6.07) is 4.77. The topological polar surface area (TPSA) is 38.8 Å². The van der Waals surface area contributed by atoms with Crippen LogP contribution in [0.1, 0.15) is 29.6 Å². The van der Waals surface area contributed by atoms with E-state index in [0.717, 1.165) is 6.42 Å². The molecule has 0 aliphatic carbocycles. The van der Waals surface area contributed by atoms with Gasteiger partial charge in [0.25, 0.3) is 5.91 Å². The third kappa shape index (κ3) is 3.54.